The molecule has 0 aromatic heterocycles. The van der Waals surface area contributed by atoms with Gasteiger partial charge in [0.25, 0.3) is 11.6 Å². The number of urea groups is 1. The number of nitrogens with two attached hydrogens (primary N) is 1. The van der Waals surface area contributed by atoms with Crippen LogP contribution in [0.4, 0.5) is 16.2 Å². The van der Waals surface area contributed by atoms with E-state index in [9.17, 15) is 24.5 Å². The van der Waals surface area contributed by atoms with E-state index in [1.54, 1.807) is 0 Å². The second kappa shape index (κ2) is 6.94. The number of nitro groups is 1. The van der Waals surface area contributed by atoms with Gasteiger partial charge >= 0.3 is 12.0 Å². The summed E-state index contributed by atoms with van der Waals surface area (Å²) in [6.07, 6.45) is 0.442. The molecule has 24 heavy (non-hydrogen) atoms. The van der Waals surface area contributed by atoms with Gasteiger partial charge < -0.3 is 15.8 Å². The van der Waals surface area contributed by atoms with E-state index in [0.717, 1.165) is 25.0 Å². The molecule has 0 saturated heterocycles. The van der Waals surface area contributed by atoms with Gasteiger partial charge in [0.1, 0.15) is 0 Å². The number of non-ortho nitro benzene ring substituents is 1. The van der Waals surface area contributed by atoms with E-state index in [1.807, 2.05) is 5.32 Å². The van der Waals surface area contributed by atoms with Gasteiger partial charge in [-0.25, -0.2) is 9.59 Å². The lowest BCUT2D eigenvalue weighted by Gasteiger charge is -2.14. The van der Waals surface area contributed by atoms with Crippen molar-refractivity contribution in [1.29, 1.82) is 0 Å². The number of nitrogens with zero attached hydrogens (tertiary/aromatic N) is 1. The first-order valence-corrected chi connectivity index (χ1v) is 7.14. The molecule has 1 fully saturated rings. The quantitative estimate of drug-likeness (QED) is 0.309. The van der Waals surface area contributed by atoms with Crippen LogP contribution >= 0.6 is 0 Å². The summed E-state index contributed by atoms with van der Waals surface area (Å²) in [4.78, 5) is 45.3. The molecule has 128 valence electrons. The van der Waals surface area contributed by atoms with Gasteiger partial charge in [-0.2, -0.15) is 0 Å². The number of benzene rings is 1. The largest absolute Gasteiger partial charge is 0.449 e. The number of nitro benzene ring substituents is 1. The molecule has 1 unspecified atom stereocenters. The first-order valence-electron chi connectivity index (χ1n) is 7.14. The monoisotopic (exact) mass is 336 g/mol. The zero-order chi connectivity index (χ0) is 17.9. The van der Waals surface area contributed by atoms with Gasteiger partial charge in [-0.1, -0.05) is 0 Å². The van der Waals surface area contributed by atoms with Crippen LogP contribution in [0.3, 0.4) is 0 Å². The molecule has 0 spiro atoms. The van der Waals surface area contributed by atoms with E-state index in [0.29, 0.717) is 0 Å². The number of amides is 3. The number of hydrogen-bond acceptors (Lipinski definition) is 7. The van der Waals surface area contributed by atoms with Gasteiger partial charge in [0.15, 0.2) is 6.10 Å². The fraction of sp³-hybridized carbons (Fsp3) is 0.357. The zero-order valence-electron chi connectivity index (χ0n) is 12.8. The van der Waals surface area contributed by atoms with Crippen LogP contribution in [-0.2, 0) is 9.53 Å². The Balaban J connectivity index is 1.97. The first kappa shape index (κ1) is 17.2. The fourth-order valence-corrected chi connectivity index (χ4v) is 1.77. The molecule has 1 saturated carbocycles. The van der Waals surface area contributed by atoms with Crippen LogP contribution in [0, 0.1) is 10.1 Å². The average molecular weight is 336 g/mol. The first-order chi connectivity index (χ1) is 11.3. The van der Waals surface area contributed by atoms with Crippen molar-refractivity contribution >= 4 is 29.3 Å². The number of esters is 1. The number of imide groups is 1. The molecule has 0 aliphatic heterocycles. The number of rotatable bonds is 5. The molecule has 1 aromatic carbocycles. The predicted octanol–water partition coefficient (Wildman–Crippen LogP) is 0.710. The summed E-state index contributed by atoms with van der Waals surface area (Å²) in [5, 5.41) is 15.3. The van der Waals surface area contributed by atoms with Crippen LogP contribution in [-0.4, -0.2) is 35.0 Å². The number of nitrogen functional groups attached to an aromatic ring is 1. The molecule has 1 atom stereocenters. The average Bonchev–Trinajstić information content (AvgIpc) is 3.30. The van der Waals surface area contributed by atoms with E-state index in [2.05, 4.69) is 5.32 Å². The smallest absolute Gasteiger partial charge is 0.341 e. The van der Waals surface area contributed by atoms with Gasteiger partial charge in [-0.3, -0.25) is 20.2 Å². The van der Waals surface area contributed by atoms with E-state index in [-0.39, 0.29) is 23.0 Å². The van der Waals surface area contributed by atoms with Gasteiger partial charge in [0.05, 0.1) is 10.5 Å². The third-order valence-corrected chi connectivity index (χ3v) is 3.27. The SMILES string of the molecule is CC(OC(=O)c1cc([N+](=O)[O-])ccc1N)C(=O)NC(=O)NC1CC1. The number of nitrogens with one attached hydrogen (secondary N) is 2. The van der Waals surface area contributed by atoms with Crippen molar-refractivity contribution in [2.75, 3.05) is 5.73 Å². The molecule has 3 amide bonds. The molecule has 10 nitrogen and oxygen atoms in total. The van der Waals surface area contributed by atoms with Gasteiger partial charge in [0.2, 0.25) is 0 Å². The number of carbonyl (C=O) groups excluding carboxylic acids is 3. The highest BCUT2D eigenvalue weighted by Crippen LogP contribution is 2.21. The van der Waals surface area contributed by atoms with Crippen LogP contribution in [0.15, 0.2) is 18.2 Å². The molecule has 0 radical (unpaired) electrons. The molecule has 10 heteroatoms. The highest BCUT2D eigenvalue weighted by atomic mass is 16.6. The number of carbonyl (C=O) groups is 3. The van der Waals surface area contributed by atoms with E-state index < -0.39 is 28.9 Å². The van der Waals surface area contributed by atoms with Crippen molar-refractivity contribution in [2.24, 2.45) is 0 Å². The Labute approximate surface area is 136 Å². The van der Waals surface area contributed by atoms with Crippen LogP contribution in [0.5, 0.6) is 0 Å². The zero-order valence-corrected chi connectivity index (χ0v) is 12.8. The Morgan fingerprint density at radius 2 is 2.04 bits per heavy atom. The highest BCUT2D eigenvalue weighted by Gasteiger charge is 2.26. The van der Waals surface area contributed by atoms with E-state index in [1.165, 1.54) is 13.0 Å². The van der Waals surface area contributed by atoms with Gasteiger partial charge in [-0.15, -0.1) is 0 Å². The number of ether oxygens (including phenoxy) is 1. The Hall–Kier alpha value is -3.17. The molecule has 0 heterocycles. The lowest BCUT2D eigenvalue weighted by molar-refractivity contribution is -0.384. The minimum Gasteiger partial charge on any atom is -0.449 e. The Bertz CT molecular complexity index is 701. The minimum absolute atomic E-state index is 0.0234. The molecule has 4 N–H and O–H groups in total. The third kappa shape index (κ3) is 4.41. The van der Waals surface area contributed by atoms with Crippen LogP contribution in [0.25, 0.3) is 0 Å². The molecular formula is C14H16N4O6. The molecule has 2 rings (SSSR count). The minimum atomic E-state index is -1.28. The van der Waals surface area contributed by atoms with Crippen molar-refractivity contribution in [3.63, 3.8) is 0 Å². The maximum absolute atomic E-state index is 12.0. The maximum atomic E-state index is 12.0. The Morgan fingerprint density at radius 3 is 2.62 bits per heavy atom. The summed E-state index contributed by atoms with van der Waals surface area (Å²) >= 11 is 0. The lowest BCUT2D eigenvalue weighted by Crippen LogP contribution is -2.45. The van der Waals surface area contributed by atoms with Crippen LogP contribution in [0.2, 0.25) is 0 Å². The second-order valence-corrected chi connectivity index (χ2v) is 5.31. The highest BCUT2D eigenvalue weighted by molar-refractivity contribution is 6.00. The summed E-state index contributed by atoms with van der Waals surface area (Å²) in [5.41, 5.74) is 5.01. The van der Waals surface area contributed by atoms with Crippen molar-refractivity contribution in [3.05, 3.63) is 33.9 Å². The van der Waals surface area contributed by atoms with Crippen molar-refractivity contribution in [2.45, 2.75) is 31.9 Å². The molecule has 1 aliphatic carbocycles. The Morgan fingerprint density at radius 1 is 1.38 bits per heavy atom. The molecule has 1 aliphatic rings. The summed E-state index contributed by atoms with van der Waals surface area (Å²) in [6, 6.07) is 2.70. The van der Waals surface area contributed by atoms with E-state index >= 15 is 0 Å². The van der Waals surface area contributed by atoms with Crippen molar-refractivity contribution in [3.8, 4) is 0 Å². The third-order valence-electron chi connectivity index (χ3n) is 3.27. The normalized spacial score (nSPS) is 14.4. The molecule has 0 bridgehead atoms. The summed E-state index contributed by atoms with van der Waals surface area (Å²) in [6.45, 7) is 1.27. The topological polar surface area (TPSA) is 154 Å². The van der Waals surface area contributed by atoms with Gasteiger partial charge in [0, 0.05) is 23.9 Å². The van der Waals surface area contributed by atoms with Crippen LogP contribution in [0.1, 0.15) is 30.1 Å². The number of anilines is 1. The Kier molecular flexibility index (Phi) is 4.97. The predicted molar refractivity (Wildman–Crippen MR) is 82.1 cm³/mol. The maximum Gasteiger partial charge on any atom is 0.341 e. The summed E-state index contributed by atoms with van der Waals surface area (Å²) in [7, 11) is 0. The second-order valence-electron chi connectivity index (χ2n) is 5.31. The molecular weight excluding hydrogens is 320 g/mol. The standard InChI is InChI=1S/C14H16N4O6/c1-7(12(19)17-14(21)16-8-2-3-8)24-13(20)10-6-9(18(22)23)4-5-11(10)15/h4-8H,2-3,15H2,1H3,(H2,16,17,19,21). The molecule has 1 aromatic rings. The summed E-state index contributed by atoms with van der Waals surface area (Å²) in [5.74, 6) is -1.81. The lowest BCUT2D eigenvalue weighted by atomic mass is 10.1. The van der Waals surface area contributed by atoms with Crippen LogP contribution < -0.4 is 16.4 Å². The van der Waals surface area contributed by atoms with Gasteiger partial charge in [-0.05, 0) is 25.8 Å². The summed E-state index contributed by atoms with van der Waals surface area (Å²) < 4.78 is 4.90. The number of hydrogen-bond donors (Lipinski definition) is 3. The fourth-order valence-electron chi connectivity index (χ4n) is 1.77. The van der Waals surface area contributed by atoms with Crippen molar-refractivity contribution in [1.82, 2.24) is 10.6 Å². The van der Waals surface area contributed by atoms with E-state index in [4.69, 9.17) is 10.5 Å². The van der Waals surface area contributed by atoms with Crippen molar-refractivity contribution < 1.29 is 24.0 Å².